The molecule has 0 spiro atoms. The fourth-order valence-corrected chi connectivity index (χ4v) is 3.07. The Morgan fingerprint density at radius 1 is 1.07 bits per heavy atom. The lowest BCUT2D eigenvalue weighted by atomic mass is 10.1. The van der Waals surface area contributed by atoms with Crippen LogP contribution >= 0.6 is 23.2 Å². The maximum atomic E-state index is 13.0. The Morgan fingerprint density at radius 2 is 1.69 bits per heavy atom. The number of nitrogens with zero attached hydrogens (tertiary/aromatic N) is 1. The van der Waals surface area contributed by atoms with Crippen LogP contribution in [0, 0.1) is 0 Å². The monoisotopic (exact) mass is 436 g/mol. The number of carbonyl (C=O) groups is 2. The highest BCUT2D eigenvalue weighted by atomic mass is 35.5. The van der Waals surface area contributed by atoms with Gasteiger partial charge in [0.1, 0.15) is 11.8 Å². The molecule has 0 radical (unpaired) electrons. The van der Waals surface area contributed by atoms with Crippen molar-refractivity contribution < 1.29 is 14.3 Å². The lowest BCUT2D eigenvalue weighted by Gasteiger charge is -2.31. The number of halogens is 2. The zero-order valence-electron chi connectivity index (χ0n) is 17.0. The predicted octanol–water partition coefficient (Wildman–Crippen LogP) is 4.70. The van der Waals surface area contributed by atoms with Crippen molar-refractivity contribution in [3.8, 4) is 5.75 Å². The Bertz CT molecular complexity index is 865. The first-order valence-corrected chi connectivity index (χ1v) is 10.0. The van der Waals surface area contributed by atoms with Crippen LogP contribution in [0.5, 0.6) is 5.75 Å². The minimum absolute atomic E-state index is 0.214. The van der Waals surface area contributed by atoms with E-state index in [1.807, 2.05) is 32.9 Å². The van der Waals surface area contributed by atoms with E-state index in [4.69, 9.17) is 27.9 Å². The molecule has 2 aromatic rings. The maximum Gasteiger partial charge on any atom is 0.261 e. The van der Waals surface area contributed by atoms with Gasteiger partial charge in [0, 0.05) is 22.1 Å². The molecule has 0 bridgehead atoms. The molecule has 1 unspecified atom stereocenters. The molecule has 2 amide bonds. The Labute approximate surface area is 181 Å². The molecular formula is C22H26Cl2N2O3. The molecule has 156 valence electrons. The summed E-state index contributed by atoms with van der Waals surface area (Å²) >= 11 is 12.0. The van der Waals surface area contributed by atoms with Gasteiger partial charge in [-0.05, 0) is 63.6 Å². The Kier molecular flexibility index (Phi) is 7.94. The van der Waals surface area contributed by atoms with Crippen LogP contribution in [-0.2, 0) is 16.1 Å². The van der Waals surface area contributed by atoms with Gasteiger partial charge in [0.25, 0.3) is 5.91 Å². The standard InChI is InChI=1S/C22H26Cl2N2O3/c1-15(21(28)25-22(2,3)4)26(13-16-7-5-8-17(23)11-16)20(27)14-29-19-10-6-9-18(24)12-19/h5-12,15H,13-14H2,1-4H3,(H,25,28). The summed E-state index contributed by atoms with van der Waals surface area (Å²) in [6, 6.07) is 13.3. The number of hydrogen-bond donors (Lipinski definition) is 1. The molecule has 0 aliphatic rings. The number of ether oxygens (including phenoxy) is 1. The first-order chi connectivity index (χ1) is 13.5. The lowest BCUT2D eigenvalue weighted by molar-refractivity contribution is -0.142. The summed E-state index contributed by atoms with van der Waals surface area (Å²) in [6.45, 7) is 7.39. The highest BCUT2D eigenvalue weighted by molar-refractivity contribution is 6.30. The topological polar surface area (TPSA) is 58.6 Å². The van der Waals surface area contributed by atoms with Crippen LogP contribution in [0.2, 0.25) is 10.0 Å². The third-order valence-corrected chi connectivity index (χ3v) is 4.54. The zero-order chi connectivity index (χ0) is 21.6. The fraction of sp³-hybridized carbons (Fsp3) is 0.364. The summed E-state index contributed by atoms with van der Waals surface area (Å²) in [6.07, 6.45) is 0. The van der Waals surface area contributed by atoms with Gasteiger partial charge in [0.2, 0.25) is 5.91 Å². The van der Waals surface area contributed by atoms with Crippen LogP contribution in [0.3, 0.4) is 0 Å². The van der Waals surface area contributed by atoms with Gasteiger partial charge in [-0.1, -0.05) is 41.4 Å². The molecule has 1 atom stereocenters. The second-order valence-electron chi connectivity index (χ2n) is 7.81. The number of rotatable bonds is 7. The van der Waals surface area contributed by atoms with E-state index < -0.39 is 11.6 Å². The predicted molar refractivity (Wildman–Crippen MR) is 116 cm³/mol. The van der Waals surface area contributed by atoms with Gasteiger partial charge in [-0.2, -0.15) is 0 Å². The molecule has 0 aromatic heterocycles. The smallest absolute Gasteiger partial charge is 0.261 e. The molecule has 7 heteroatoms. The first-order valence-electron chi connectivity index (χ1n) is 9.29. The van der Waals surface area contributed by atoms with E-state index in [1.54, 1.807) is 43.3 Å². The molecule has 5 nitrogen and oxygen atoms in total. The van der Waals surface area contributed by atoms with E-state index >= 15 is 0 Å². The van der Waals surface area contributed by atoms with Gasteiger partial charge in [-0.3, -0.25) is 9.59 Å². The molecule has 0 fully saturated rings. The van der Waals surface area contributed by atoms with E-state index in [1.165, 1.54) is 4.90 Å². The number of hydrogen-bond acceptors (Lipinski definition) is 3. The summed E-state index contributed by atoms with van der Waals surface area (Å²) in [5, 5.41) is 4.00. The largest absolute Gasteiger partial charge is 0.484 e. The number of benzene rings is 2. The molecule has 29 heavy (non-hydrogen) atoms. The molecular weight excluding hydrogens is 411 g/mol. The molecule has 2 aromatic carbocycles. The molecule has 1 N–H and O–H groups in total. The van der Waals surface area contributed by atoms with Gasteiger partial charge in [-0.15, -0.1) is 0 Å². The van der Waals surface area contributed by atoms with Gasteiger partial charge in [0.05, 0.1) is 0 Å². The van der Waals surface area contributed by atoms with Gasteiger partial charge in [0.15, 0.2) is 6.61 Å². The minimum Gasteiger partial charge on any atom is -0.484 e. The zero-order valence-corrected chi connectivity index (χ0v) is 18.6. The highest BCUT2D eigenvalue weighted by Gasteiger charge is 2.28. The quantitative estimate of drug-likeness (QED) is 0.683. The van der Waals surface area contributed by atoms with Crippen LogP contribution in [0.15, 0.2) is 48.5 Å². The van der Waals surface area contributed by atoms with E-state index in [-0.39, 0.29) is 25.0 Å². The second kappa shape index (κ2) is 9.99. The van der Waals surface area contributed by atoms with Gasteiger partial charge in [-0.25, -0.2) is 0 Å². The molecule has 0 heterocycles. The average molecular weight is 437 g/mol. The van der Waals surface area contributed by atoms with Gasteiger partial charge < -0.3 is 15.0 Å². The highest BCUT2D eigenvalue weighted by Crippen LogP contribution is 2.18. The molecule has 0 saturated carbocycles. The SMILES string of the molecule is CC(C(=O)NC(C)(C)C)N(Cc1cccc(Cl)c1)C(=O)COc1cccc(Cl)c1. The van der Waals surface area contributed by atoms with Gasteiger partial charge >= 0.3 is 0 Å². The number of nitrogens with one attached hydrogen (secondary N) is 1. The second-order valence-corrected chi connectivity index (χ2v) is 8.69. The first kappa shape index (κ1) is 23.0. The van der Waals surface area contributed by atoms with Crippen molar-refractivity contribution in [2.45, 2.75) is 45.8 Å². The van der Waals surface area contributed by atoms with E-state index in [9.17, 15) is 9.59 Å². The van der Waals surface area contributed by atoms with E-state index in [0.29, 0.717) is 15.8 Å². The molecule has 2 rings (SSSR count). The molecule has 0 aliphatic heterocycles. The maximum absolute atomic E-state index is 13.0. The van der Waals surface area contributed by atoms with Crippen LogP contribution in [0.1, 0.15) is 33.3 Å². The van der Waals surface area contributed by atoms with Crippen molar-refractivity contribution in [2.75, 3.05) is 6.61 Å². The van der Waals surface area contributed by atoms with Crippen LogP contribution in [0.4, 0.5) is 0 Å². The van der Waals surface area contributed by atoms with Crippen LogP contribution in [-0.4, -0.2) is 34.9 Å². The van der Waals surface area contributed by atoms with Crippen molar-refractivity contribution in [3.63, 3.8) is 0 Å². The summed E-state index contributed by atoms with van der Waals surface area (Å²) in [5.41, 5.74) is 0.414. The van der Waals surface area contributed by atoms with E-state index in [0.717, 1.165) is 5.56 Å². The normalized spacial score (nSPS) is 12.2. The molecule has 0 saturated heterocycles. The number of carbonyl (C=O) groups excluding carboxylic acids is 2. The Balaban J connectivity index is 2.18. The van der Waals surface area contributed by atoms with Crippen molar-refractivity contribution in [2.24, 2.45) is 0 Å². The molecule has 0 aliphatic carbocycles. The summed E-state index contributed by atoms with van der Waals surface area (Å²) < 4.78 is 5.59. The average Bonchev–Trinajstić information content (AvgIpc) is 2.62. The van der Waals surface area contributed by atoms with Crippen molar-refractivity contribution in [1.82, 2.24) is 10.2 Å². The van der Waals surface area contributed by atoms with Crippen molar-refractivity contribution in [3.05, 3.63) is 64.1 Å². The third kappa shape index (κ3) is 7.59. The minimum atomic E-state index is -0.691. The summed E-state index contributed by atoms with van der Waals surface area (Å²) in [5.74, 6) is -0.0718. The third-order valence-electron chi connectivity index (χ3n) is 4.07. The Hall–Kier alpha value is -2.24. The van der Waals surface area contributed by atoms with Crippen LogP contribution in [0.25, 0.3) is 0 Å². The fourth-order valence-electron chi connectivity index (χ4n) is 2.67. The van der Waals surface area contributed by atoms with Crippen LogP contribution < -0.4 is 10.1 Å². The Morgan fingerprint density at radius 3 is 2.28 bits per heavy atom. The summed E-state index contributed by atoms with van der Waals surface area (Å²) in [7, 11) is 0. The lowest BCUT2D eigenvalue weighted by Crippen LogP contribution is -2.53. The van der Waals surface area contributed by atoms with E-state index in [2.05, 4.69) is 5.32 Å². The number of amides is 2. The van der Waals surface area contributed by atoms with Crippen molar-refractivity contribution >= 4 is 35.0 Å². The summed E-state index contributed by atoms with van der Waals surface area (Å²) in [4.78, 5) is 27.1. The van der Waals surface area contributed by atoms with Crippen molar-refractivity contribution in [1.29, 1.82) is 0 Å².